The van der Waals surface area contributed by atoms with E-state index in [9.17, 15) is 18.0 Å². The van der Waals surface area contributed by atoms with Gasteiger partial charge >= 0.3 is 12.1 Å². The van der Waals surface area contributed by atoms with Crippen LogP contribution >= 0.6 is 15.9 Å². The largest absolute Gasteiger partial charge is 0.459 e. The molecule has 0 aliphatic carbocycles. The summed E-state index contributed by atoms with van der Waals surface area (Å²) in [4.78, 5) is 11.4. The number of alkyl halides is 3. The molecule has 0 saturated heterocycles. The van der Waals surface area contributed by atoms with Crippen molar-refractivity contribution in [2.24, 2.45) is 0 Å². The van der Waals surface area contributed by atoms with Crippen LogP contribution in [-0.4, -0.2) is 21.4 Å². The van der Waals surface area contributed by atoms with Crippen molar-refractivity contribution in [3.63, 3.8) is 0 Å². The van der Waals surface area contributed by atoms with Crippen LogP contribution in [0.2, 0.25) is 0 Å². The quantitative estimate of drug-likeness (QED) is 0.784. The third-order valence-corrected chi connectivity index (χ3v) is 2.28. The fraction of sp³-hybridized carbons (Fsp3) is 0.600. The fourth-order valence-corrected chi connectivity index (χ4v) is 1.72. The normalized spacial score (nSPS) is 12.6. The molecule has 0 aromatic carbocycles. The molecule has 0 fully saturated rings. The first-order valence-electron chi connectivity index (χ1n) is 5.01. The highest BCUT2D eigenvalue weighted by molar-refractivity contribution is 9.10. The Hall–Kier alpha value is -1.05. The zero-order chi connectivity index (χ0) is 14.1. The van der Waals surface area contributed by atoms with E-state index in [-0.39, 0.29) is 11.0 Å². The van der Waals surface area contributed by atoms with Gasteiger partial charge in [0.15, 0.2) is 5.69 Å². The summed E-state index contributed by atoms with van der Waals surface area (Å²) >= 11 is 2.75. The van der Waals surface area contributed by atoms with Gasteiger partial charge < -0.3 is 4.74 Å². The molecule has 0 bridgehead atoms. The van der Waals surface area contributed by atoms with Gasteiger partial charge in [0.25, 0.3) is 0 Å². The van der Waals surface area contributed by atoms with Crippen LogP contribution in [-0.2, 0) is 22.3 Å². The molecule has 0 aliphatic heterocycles. The Morgan fingerprint density at radius 2 is 2.00 bits per heavy atom. The molecule has 0 saturated carbocycles. The molecule has 4 nitrogen and oxygen atoms in total. The molecule has 102 valence electrons. The fourth-order valence-electron chi connectivity index (χ4n) is 1.18. The maximum atomic E-state index is 12.4. The van der Waals surface area contributed by atoms with E-state index in [2.05, 4.69) is 21.0 Å². The minimum absolute atomic E-state index is 0.210. The highest BCUT2D eigenvalue weighted by atomic mass is 79.9. The van der Waals surface area contributed by atoms with Crippen molar-refractivity contribution in [3.8, 4) is 0 Å². The van der Waals surface area contributed by atoms with Crippen molar-refractivity contribution in [3.05, 3.63) is 16.4 Å². The lowest BCUT2D eigenvalue weighted by molar-refractivity contribution is -0.156. The van der Waals surface area contributed by atoms with Crippen molar-refractivity contribution >= 4 is 21.9 Å². The summed E-state index contributed by atoms with van der Waals surface area (Å²) in [5.41, 5.74) is -1.75. The molecule has 1 rings (SSSR count). The second kappa shape index (κ2) is 4.91. The number of nitrogens with zero attached hydrogens (tertiary/aromatic N) is 2. The molecule has 0 amide bonds. The van der Waals surface area contributed by atoms with Gasteiger partial charge in [0.2, 0.25) is 0 Å². The Morgan fingerprint density at radius 1 is 1.44 bits per heavy atom. The smallest absolute Gasteiger partial charge is 0.436 e. The van der Waals surface area contributed by atoms with E-state index in [0.717, 1.165) is 10.9 Å². The predicted molar refractivity (Wildman–Crippen MR) is 60.8 cm³/mol. The van der Waals surface area contributed by atoms with Gasteiger partial charge in [-0.1, -0.05) is 0 Å². The molecule has 18 heavy (non-hydrogen) atoms. The van der Waals surface area contributed by atoms with Crippen LogP contribution in [0.15, 0.2) is 10.7 Å². The number of ether oxygens (including phenoxy) is 1. The third-order valence-electron chi connectivity index (χ3n) is 1.70. The zero-order valence-corrected chi connectivity index (χ0v) is 11.6. The molecule has 8 heteroatoms. The number of carbonyl (C=O) groups excluding carboxylic acids is 1. The van der Waals surface area contributed by atoms with E-state index in [1.54, 1.807) is 20.8 Å². The van der Waals surface area contributed by atoms with Gasteiger partial charge in [-0.15, -0.1) is 0 Å². The van der Waals surface area contributed by atoms with Crippen molar-refractivity contribution < 1.29 is 22.7 Å². The van der Waals surface area contributed by atoms with Gasteiger partial charge in [-0.2, -0.15) is 18.3 Å². The number of hydrogen-bond donors (Lipinski definition) is 0. The third kappa shape index (κ3) is 4.32. The summed E-state index contributed by atoms with van der Waals surface area (Å²) in [5, 5.41) is 3.29. The topological polar surface area (TPSA) is 44.1 Å². The molecule has 0 N–H and O–H groups in total. The summed E-state index contributed by atoms with van der Waals surface area (Å²) in [6.07, 6.45) is -3.47. The molecular formula is C10H12BrF3N2O2. The first kappa shape index (κ1) is 15.0. The van der Waals surface area contributed by atoms with Crippen molar-refractivity contribution in [2.75, 3.05) is 0 Å². The summed E-state index contributed by atoms with van der Waals surface area (Å²) in [7, 11) is 0. The van der Waals surface area contributed by atoms with Crippen LogP contribution in [0.5, 0.6) is 0 Å². The summed E-state index contributed by atoms with van der Waals surface area (Å²) in [5.74, 6) is -0.647. The van der Waals surface area contributed by atoms with Gasteiger partial charge in [0, 0.05) is 6.20 Å². The van der Waals surface area contributed by atoms with Crippen molar-refractivity contribution in [1.82, 2.24) is 9.78 Å². The van der Waals surface area contributed by atoms with Crippen molar-refractivity contribution in [1.29, 1.82) is 0 Å². The molecular weight excluding hydrogens is 317 g/mol. The van der Waals surface area contributed by atoms with Gasteiger partial charge in [0.05, 0.1) is 4.47 Å². The van der Waals surface area contributed by atoms with E-state index in [4.69, 9.17) is 4.74 Å². The monoisotopic (exact) mass is 328 g/mol. The minimum atomic E-state index is -4.56. The Morgan fingerprint density at radius 3 is 2.39 bits per heavy atom. The first-order valence-corrected chi connectivity index (χ1v) is 5.80. The van der Waals surface area contributed by atoms with Crippen LogP contribution in [0.1, 0.15) is 26.5 Å². The van der Waals surface area contributed by atoms with Gasteiger partial charge in [-0.05, 0) is 36.7 Å². The molecule has 0 spiro atoms. The number of esters is 1. The van der Waals surface area contributed by atoms with Crippen LogP contribution in [0.3, 0.4) is 0 Å². The SMILES string of the molecule is CC(C)(C)OC(=O)Cn1cc(Br)c(C(F)(F)F)n1. The maximum Gasteiger partial charge on any atom is 0.436 e. The Balaban J connectivity index is 2.79. The lowest BCUT2D eigenvalue weighted by Crippen LogP contribution is -2.26. The van der Waals surface area contributed by atoms with Crippen molar-refractivity contribution in [2.45, 2.75) is 39.1 Å². The lowest BCUT2D eigenvalue weighted by Gasteiger charge is -2.19. The van der Waals surface area contributed by atoms with Gasteiger partial charge in [-0.25, -0.2) is 0 Å². The van der Waals surface area contributed by atoms with Gasteiger partial charge in [-0.3, -0.25) is 9.48 Å². The lowest BCUT2D eigenvalue weighted by atomic mass is 10.2. The standard InChI is InChI=1S/C10H12BrF3N2O2/c1-9(2,3)18-7(17)5-16-4-6(11)8(15-16)10(12,13)14/h4H,5H2,1-3H3. The van der Waals surface area contributed by atoms with Crippen LogP contribution in [0, 0.1) is 0 Å². The number of rotatable bonds is 2. The van der Waals surface area contributed by atoms with Crippen LogP contribution < -0.4 is 0 Å². The summed E-state index contributed by atoms with van der Waals surface area (Å²) in [6, 6.07) is 0. The number of halogens is 4. The summed E-state index contributed by atoms with van der Waals surface area (Å²) in [6.45, 7) is 4.65. The minimum Gasteiger partial charge on any atom is -0.459 e. The molecule has 1 aromatic heterocycles. The average molecular weight is 329 g/mol. The molecule has 1 aromatic rings. The van der Waals surface area contributed by atoms with E-state index in [1.807, 2.05) is 0 Å². The van der Waals surface area contributed by atoms with E-state index in [1.165, 1.54) is 0 Å². The second-order valence-corrected chi connectivity index (χ2v) is 5.46. The summed E-state index contributed by atoms with van der Waals surface area (Å²) < 4.78 is 43.0. The first-order chi connectivity index (χ1) is 7.99. The molecule has 1 heterocycles. The predicted octanol–water partition coefficient (Wildman–Crippen LogP) is 3.01. The number of carbonyl (C=O) groups is 1. The van der Waals surface area contributed by atoms with E-state index in [0.29, 0.717) is 0 Å². The van der Waals surface area contributed by atoms with E-state index >= 15 is 0 Å². The zero-order valence-electron chi connectivity index (χ0n) is 10.0. The molecule has 0 atom stereocenters. The Kier molecular flexibility index (Phi) is 4.09. The van der Waals surface area contributed by atoms with Crippen LogP contribution in [0.4, 0.5) is 13.2 Å². The number of hydrogen-bond acceptors (Lipinski definition) is 3. The van der Waals surface area contributed by atoms with E-state index < -0.39 is 23.4 Å². The molecule has 0 unspecified atom stereocenters. The molecule has 0 radical (unpaired) electrons. The average Bonchev–Trinajstić information content (AvgIpc) is 2.41. The molecule has 0 aliphatic rings. The highest BCUT2D eigenvalue weighted by Gasteiger charge is 2.36. The Labute approximate surface area is 110 Å². The Bertz CT molecular complexity index is 449. The maximum absolute atomic E-state index is 12.4. The second-order valence-electron chi connectivity index (χ2n) is 4.61. The van der Waals surface area contributed by atoms with Crippen LogP contribution in [0.25, 0.3) is 0 Å². The number of aromatic nitrogens is 2. The highest BCUT2D eigenvalue weighted by Crippen LogP contribution is 2.33. The van der Waals surface area contributed by atoms with Gasteiger partial charge in [0.1, 0.15) is 12.1 Å².